The molecule has 0 bridgehead atoms. The SMILES string of the molecule is Cl.NC1CCc2nn(CC(=O)NCc3ccc4c(c3)OCO4)c(=O)n2CC1. The number of amides is 1. The summed E-state index contributed by atoms with van der Waals surface area (Å²) in [7, 11) is 0. The molecule has 0 saturated heterocycles. The molecule has 0 aliphatic carbocycles. The predicted molar refractivity (Wildman–Crippen MR) is 99.1 cm³/mol. The number of ether oxygens (including phenoxy) is 2. The lowest BCUT2D eigenvalue weighted by molar-refractivity contribution is -0.122. The van der Waals surface area contributed by atoms with Crippen LogP contribution in [0.3, 0.4) is 0 Å². The summed E-state index contributed by atoms with van der Waals surface area (Å²) in [4.78, 5) is 24.6. The zero-order chi connectivity index (χ0) is 18.1. The van der Waals surface area contributed by atoms with Crippen LogP contribution in [-0.4, -0.2) is 33.1 Å². The van der Waals surface area contributed by atoms with Gasteiger partial charge in [0.05, 0.1) is 0 Å². The molecular formula is C17H22ClN5O4. The molecule has 2 aliphatic rings. The minimum absolute atomic E-state index is 0. The van der Waals surface area contributed by atoms with Crippen molar-refractivity contribution in [1.82, 2.24) is 19.7 Å². The molecule has 1 aromatic heterocycles. The van der Waals surface area contributed by atoms with E-state index in [2.05, 4.69) is 10.4 Å². The van der Waals surface area contributed by atoms with Gasteiger partial charge in [0.1, 0.15) is 12.4 Å². The first-order chi connectivity index (χ1) is 12.6. The Balaban J connectivity index is 0.00000210. The van der Waals surface area contributed by atoms with Crippen LogP contribution in [0.5, 0.6) is 11.5 Å². The molecule has 0 fully saturated rings. The van der Waals surface area contributed by atoms with Crippen LogP contribution >= 0.6 is 12.4 Å². The molecule has 1 amide bonds. The maximum Gasteiger partial charge on any atom is 0.346 e. The van der Waals surface area contributed by atoms with Crippen molar-refractivity contribution < 1.29 is 14.3 Å². The Morgan fingerprint density at radius 1 is 1.30 bits per heavy atom. The highest BCUT2D eigenvalue weighted by atomic mass is 35.5. The Bertz CT molecular complexity index is 894. The molecule has 3 N–H and O–H groups in total. The Kier molecular flexibility index (Phi) is 5.71. The van der Waals surface area contributed by atoms with E-state index in [0.717, 1.165) is 18.4 Å². The first-order valence-electron chi connectivity index (χ1n) is 8.67. The van der Waals surface area contributed by atoms with Gasteiger partial charge in [-0.3, -0.25) is 9.36 Å². The number of rotatable bonds is 4. The van der Waals surface area contributed by atoms with Crippen LogP contribution in [0, 0.1) is 0 Å². The van der Waals surface area contributed by atoms with E-state index >= 15 is 0 Å². The van der Waals surface area contributed by atoms with Gasteiger partial charge in [-0.1, -0.05) is 6.07 Å². The van der Waals surface area contributed by atoms with E-state index in [1.165, 1.54) is 4.68 Å². The third kappa shape index (κ3) is 4.09. The Labute approximate surface area is 161 Å². The van der Waals surface area contributed by atoms with Gasteiger partial charge in [-0.05, 0) is 30.5 Å². The molecule has 1 atom stereocenters. The highest BCUT2D eigenvalue weighted by Gasteiger charge is 2.20. The summed E-state index contributed by atoms with van der Waals surface area (Å²) in [5, 5.41) is 7.10. The van der Waals surface area contributed by atoms with E-state index in [4.69, 9.17) is 15.2 Å². The third-order valence-corrected chi connectivity index (χ3v) is 4.68. The fourth-order valence-electron chi connectivity index (χ4n) is 3.20. The summed E-state index contributed by atoms with van der Waals surface area (Å²) in [5.41, 5.74) is 6.58. The van der Waals surface area contributed by atoms with Crippen LogP contribution in [0.15, 0.2) is 23.0 Å². The van der Waals surface area contributed by atoms with Crippen molar-refractivity contribution in [2.75, 3.05) is 6.79 Å². The first-order valence-corrected chi connectivity index (χ1v) is 8.67. The zero-order valence-electron chi connectivity index (χ0n) is 14.7. The molecule has 2 aliphatic heterocycles. The van der Waals surface area contributed by atoms with E-state index in [9.17, 15) is 9.59 Å². The average Bonchev–Trinajstić information content (AvgIpc) is 3.15. The van der Waals surface area contributed by atoms with Gasteiger partial charge >= 0.3 is 5.69 Å². The van der Waals surface area contributed by atoms with E-state index in [1.54, 1.807) is 4.57 Å². The summed E-state index contributed by atoms with van der Waals surface area (Å²) >= 11 is 0. The highest BCUT2D eigenvalue weighted by Crippen LogP contribution is 2.32. The normalized spacial score (nSPS) is 17.6. The highest BCUT2D eigenvalue weighted by molar-refractivity contribution is 5.85. The number of carbonyl (C=O) groups is 1. The predicted octanol–water partition coefficient (Wildman–Crippen LogP) is 0.175. The molecular weight excluding hydrogens is 374 g/mol. The van der Waals surface area contributed by atoms with Crippen LogP contribution in [0.4, 0.5) is 0 Å². The first kappa shape index (κ1) is 19.2. The van der Waals surface area contributed by atoms with Crippen LogP contribution in [0.1, 0.15) is 24.2 Å². The molecule has 4 rings (SSSR count). The van der Waals surface area contributed by atoms with E-state index in [-0.39, 0.29) is 43.4 Å². The maximum atomic E-state index is 12.4. The van der Waals surface area contributed by atoms with Gasteiger partial charge in [-0.2, -0.15) is 5.10 Å². The molecule has 10 heteroatoms. The van der Waals surface area contributed by atoms with Gasteiger partial charge in [0.25, 0.3) is 0 Å². The van der Waals surface area contributed by atoms with Gasteiger partial charge in [-0.25, -0.2) is 9.48 Å². The topological polar surface area (TPSA) is 113 Å². The fourth-order valence-corrected chi connectivity index (χ4v) is 3.20. The summed E-state index contributed by atoms with van der Waals surface area (Å²) in [6.07, 6.45) is 2.20. The molecule has 27 heavy (non-hydrogen) atoms. The number of benzene rings is 1. The van der Waals surface area contributed by atoms with Crippen molar-refractivity contribution in [2.24, 2.45) is 5.73 Å². The maximum absolute atomic E-state index is 12.4. The van der Waals surface area contributed by atoms with Crippen molar-refractivity contribution in [3.63, 3.8) is 0 Å². The number of nitrogens with two attached hydrogens (primary N) is 1. The lowest BCUT2D eigenvalue weighted by atomic mass is 10.1. The largest absolute Gasteiger partial charge is 0.454 e. The summed E-state index contributed by atoms with van der Waals surface area (Å²) in [6, 6.07) is 5.60. The monoisotopic (exact) mass is 395 g/mol. The number of nitrogens with one attached hydrogen (secondary N) is 1. The van der Waals surface area contributed by atoms with E-state index < -0.39 is 0 Å². The summed E-state index contributed by atoms with van der Waals surface area (Å²) < 4.78 is 13.4. The number of fused-ring (bicyclic) bond motifs is 2. The second kappa shape index (κ2) is 8.01. The van der Waals surface area contributed by atoms with Crippen molar-refractivity contribution in [2.45, 2.75) is 44.9 Å². The molecule has 1 aromatic carbocycles. The summed E-state index contributed by atoms with van der Waals surface area (Å²) in [6.45, 7) is 1.00. The smallest absolute Gasteiger partial charge is 0.346 e. The van der Waals surface area contributed by atoms with E-state index in [1.807, 2.05) is 18.2 Å². The van der Waals surface area contributed by atoms with Gasteiger partial charge in [0, 0.05) is 25.6 Å². The molecule has 2 aromatic rings. The number of carbonyl (C=O) groups excluding carboxylic acids is 1. The number of hydrogen-bond acceptors (Lipinski definition) is 6. The number of aromatic nitrogens is 3. The zero-order valence-corrected chi connectivity index (χ0v) is 15.5. The Hall–Kier alpha value is -2.52. The Morgan fingerprint density at radius 3 is 2.96 bits per heavy atom. The quantitative estimate of drug-likeness (QED) is 0.763. The van der Waals surface area contributed by atoms with Crippen molar-refractivity contribution in [1.29, 1.82) is 0 Å². The molecule has 0 radical (unpaired) electrons. The van der Waals surface area contributed by atoms with Crippen LogP contribution < -0.4 is 26.2 Å². The molecule has 3 heterocycles. The van der Waals surface area contributed by atoms with Crippen LogP contribution in [0.2, 0.25) is 0 Å². The van der Waals surface area contributed by atoms with Gasteiger partial charge in [0.15, 0.2) is 11.5 Å². The molecule has 0 saturated carbocycles. The van der Waals surface area contributed by atoms with Crippen molar-refractivity contribution in [3.05, 3.63) is 40.1 Å². The Morgan fingerprint density at radius 2 is 2.11 bits per heavy atom. The molecule has 1 unspecified atom stereocenters. The number of nitrogens with zero attached hydrogens (tertiary/aromatic N) is 3. The standard InChI is InChI=1S/C17H21N5O4.ClH/c18-12-2-4-15-20-22(17(24)21(15)6-5-12)9-16(23)19-8-11-1-3-13-14(7-11)26-10-25-13;/h1,3,7,12H,2,4-6,8-10,18H2,(H,19,23);1H. The second-order valence-corrected chi connectivity index (χ2v) is 6.56. The minimum Gasteiger partial charge on any atom is -0.454 e. The molecule has 0 spiro atoms. The third-order valence-electron chi connectivity index (χ3n) is 4.68. The second-order valence-electron chi connectivity index (χ2n) is 6.56. The van der Waals surface area contributed by atoms with Gasteiger partial charge in [0.2, 0.25) is 12.7 Å². The number of hydrogen-bond donors (Lipinski definition) is 2. The van der Waals surface area contributed by atoms with Crippen LogP contribution in [-0.2, 0) is 30.8 Å². The lowest BCUT2D eigenvalue weighted by Gasteiger charge is -2.07. The van der Waals surface area contributed by atoms with Gasteiger partial charge in [-0.15, -0.1) is 12.4 Å². The summed E-state index contributed by atoms with van der Waals surface area (Å²) in [5.74, 6) is 1.80. The van der Waals surface area contributed by atoms with E-state index in [0.29, 0.717) is 36.8 Å². The average molecular weight is 396 g/mol. The number of halogens is 1. The lowest BCUT2D eigenvalue weighted by Crippen LogP contribution is -2.34. The van der Waals surface area contributed by atoms with Crippen molar-refractivity contribution >= 4 is 18.3 Å². The fraction of sp³-hybridized carbons (Fsp3) is 0.471. The van der Waals surface area contributed by atoms with Crippen molar-refractivity contribution in [3.8, 4) is 11.5 Å². The van der Waals surface area contributed by atoms with Crippen LogP contribution in [0.25, 0.3) is 0 Å². The van der Waals surface area contributed by atoms with Gasteiger partial charge < -0.3 is 20.5 Å². The molecule has 146 valence electrons. The molecule has 9 nitrogen and oxygen atoms in total. The number of aryl methyl sites for hydroxylation is 1. The minimum atomic E-state index is -0.269.